The molecule has 6 bridgehead atoms. The van der Waals surface area contributed by atoms with Gasteiger partial charge in [0.05, 0.1) is 0 Å². The van der Waals surface area contributed by atoms with Crippen molar-refractivity contribution in [3.05, 3.63) is 0 Å². The van der Waals surface area contributed by atoms with Gasteiger partial charge in [0.2, 0.25) is 0 Å². The lowest BCUT2D eigenvalue weighted by Gasteiger charge is -2.60. The van der Waals surface area contributed by atoms with Crippen LogP contribution < -0.4 is 0 Å². The molecule has 0 aromatic carbocycles. The Kier molecular flexibility index (Phi) is 5.75. The lowest BCUT2D eigenvalue weighted by atomic mass is 9.49. The van der Waals surface area contributed by atoms with Crippen molar-refractivity contribution in [3.63, 3.8) is 0 Å². The van der Waals surface area contributed by atoms with E-state index in [1.165, 1.54) is 6.42 Å². The topological polar surface area (TPSA) is 133 Å². The summed E-state index contributed by atoms with van der Waals surface area (Å²) in [4.78, 5) is 38.3. The van der Waals surface area contributed by atoms with Gasteiger partial charge in [-0.2, -0.15) is 17.2 Å². The van der Waals surface area contributed by atoms with Crippen LogP contribution in [-0.4, -0.2) is 53.9 Å². The Morgan fingerprint density at radius 3 is 2.20 bits per heavy atom. The molecule has 196 valence electrons. The second-order valence-electron chi connectivity index (χ2n) is 11.2. The van der Waals surface area contributed by atoms with Crippen LogP contribution in [0.1, 0.15) is 58.8 Å². The smallest absolute Gasteiger partial charge is 0.458 e. The van der Waals surface area contributed by atoms with Gasteiger partial charge < -0.3 is 14.2 Å². The predicted molar refractivity (Wildman–Crippen MR) is 113 cm³/mol. The van der Waals surface area contributed by atoms with Gasteiger partial charge in [0, 0.05) is 5.92 Å². The van der Waals surface area contributed by atoms with Crippen LogP contribution in [0.5, 0.6) is 0 Å². The van der Waals surface area contributed by atoms with Crippen LogP contribution >= 0.6 is 0 Å². The molecule has 0 aromatic rings. The van der Waals surface area contributed by atoms with Crippen LogP contribution in [0.3, 0.4) is 0 Å². The number of rotatable bonds is 6. The number of fused-ring (bicyclic) bond motifs is 2. The molecule has 9 nitrogen and oxygen atoms in total. The van der Waals surface area contributed by atoms with Crippen molar-refractivity contribution in [2.45, 2.75) is 81.9 Å². The molecule has 1 aliphatic heterocycles. The van der Waals surface area contributed by atoms with Crippen molar-refractivity contribution in [1.29, 1.82) is 0 Å². The average Bonchev–Trinajstić information content (AvgIpc) is 2.96. The molecule has 6 fully saturated rings. The molecule has 1 heterocycles. The summed E-state index contributed by atoms with van der Waals surface area (Å²) in [6.45, 7) is 3.61. The largest absolute Gasteiger partial charge is 0.465 e. The monoisotopic (exact) mass is 520 g/mol. The van der Waals surface area contributed by atoms with Gasteiger partial charge in [-0.3, -0.25) is 14.1 Å². The van der Waals surface area contributed by atoms with Gasteiger partial charge in [0.15, 0.2) is 5.92 Å². The Labute approximate surface area is 202 Å². The van der Waals surface area contributed by atoms with E-state index in [1.807, 2.05) is 6.92 Å². The molecule has 0 amide bonds. The van der Waals surface area contributed by atoms with Crippen molar-refractivity contribution in [1.82, 2.24) is 0 Å². The highest BCUT2D eigenvalue weighted by atomic mass is 32.2. The van der Waals surface area contributed by atoms with Gasteiger partial charge in [-0.05, 0) is 74.5 Å². The van der Waals surface area contributed by atoms with Gasteiger partial charge >= 0.3 is 33.3 Å². The quantitative estimate of drug-likeness (QED) is 0.243. The minimum absolute atomic E-state index is 0.154. The van der Waals surface area contributed by atoms with Gasteiger partial charge in [-0.1, -0.05) is 13.8 Å². The maximum Gasteiger partial charge on any atom is 0.465 e. The zero-order valence-electron chi connectivity index (χ0n) is 19.5. The van der Waals surface area contributed by atoms with Crippen LogP contribution in [0.4, 0.5) is 8.78 Å². The molecule has 0 radical (unpaired) electrons. The number of esters is 3. The maximum absolute atomic E-state index is 13.8. The summed E-state index contributed by atoms with van der Waals surface area (Å²) in [5, 5.41) is -5.19. The summed E-state index contributed by atoms with van der Waals surface area (Å²) < 4.78 is 74.6. The molecule has 6 rings (SSSR count). The molecular formula is C23H30F2O9S. The second kappa shape index (κ2) is 8.09. The van der Waals surface area contributed by atoms with Crippen LogP contribution in [0, 0.1) is 41.4 Å². The fourth-order valence-electron chi connectivity index (χ4n) is 7.93. The Hall–Kier alpha value is -1.82. The number of halogens is 2. The third-order valence-corrected chi connectivity index (χ3v) is 10.1. The number of hydrogen-bond donors (Lipinski definition) is 1. The lowest BCUT2D eigenvalue weighted by Crippen LogP contribution is -2.60. The molecule has 4 unspecified atom stereocenters. The number of carbonyl (C=O) groups excluding carboxylic acids is 3. The molecule has 5 saturated carbocycles. The van der Waals surface area contributed by atoms with Crippen molar-refractivity contribution >= 4 is 28.0 Å². The molecular weight excluding hydrogens is 490 g/mol. The van der Waals surface area contributed by atoms with Crippen LogP contribution in [-0.2, 0) is 38.7 Å². The van der Waals surface area contributed by atoms with Crippen molar-refractivity contribution in [2.24, 2.45) is 41.4 Å². The van der Waals surface area contributed by atoms with Crippen LogP contribution in [0.15, 0.2) is 0 Å². The van der Waals surface area contributed by atoms with Crippen LogP contribution in [0.25, 0.3) is 0 Å². The lowest BCUT2D eigenvalue weighted by molar-refractivity contribution is -0.224. The molecule has 12 heteroatoms. The van der Waals surface area contributed by atoms with E-state index in [-0.39, 0.29) is 18.3 Å². The molecule has 35 heavy (non-hydrogen) atoms. The summed E-state index contributed by atoms with van der Waals surface area (Å²) in [6, 6.07) is 0. The number of carbonyl (C=O) groups is 3. The zero-order valence-corrected chi connectivity index (χ0v) is 20.3. The normalized spacial score (nSPS) is 44.1. The molecule has 6 aliphatic rings. The SMILES string of the molecule is CCC1(OC(=O)C2C(=O)OC3C(C)C[C@@H]2C3OC(=O)C(F)(F)S(=O)(=O)O)C2CC3CC(C2)CC1C3. The van der Waals surface area contributed by atoms with E-state index in [1.54, 1.807) is 6.92 Å². The zero-order chi connectivity index (χ0) is 25.5. The summed E-state index contributed by atoms with van der Waals surface area (Å²) >= 11 is 0. The highest BCUT2D eigenvalue weighted by Gasteiger charge is 2.64. The second-order valence-corrected chi connectivity index (χ2v) is 12.6. The third kappa shape index (κ3) is 3.69. The highest BCUT2D eigenvalue weighted by molar-refractivity contribution is 7.87. The van der Waals surface area contributed by atoms with E-state index in [4.69, 9.17) is 18.8 Å². The van der Waals surface area contributed by atoms with Crippen molar-refractivity contribution in [2.75, 3.05) is 0 Å². The Morgan fingerprint density at radius 2 is 1.69 bits per heavy atom. The first kappa shape index (κ1) is 24.9. The average molecular weight is 521 g/mol. The standard InChI is InChI=1S/C23H30F2O9S/c1-3-22(13-6-11-5-12(8-13)9-14(22)7-11)34-20(27)16-15-4-10(2)17(32-19(16)26)18(15)33-21(28)23(24,25)35(29,30)31/h10-18H,3-9H2,1-2H3,(H,29,30,31)/t10?,11?,12?,13?,14?,15-,16?,17?,18?,22?/m0/s1. The molecule has 1 saturated heterocycles. The van der Waals surface area contributed by atoms with Crippen LogP contribution in [0.2, 0.25) is 0 Å². The van der Waals surface area contributed by atoms with Crippen molar-refractivity contribution < 1.29 is 50.3 Å². The first-order chi connectivity index (χ1) is 16.3. The summed E-state index contributed by atoms with van der Waals surface area (Å²) in [7, 11) is -6.07. The first-order valence-corrected chi connectivity index (χ1v) is 13.7. The predicted octanol–water partition coefficient (Wildman–Crippen LogP) is 2.72. The van der Waals surface area contributed by atoms with E-state index >= 15 is 0 Å². The van der Waals surface area contributed by atoms with E-state index in [2.05, 4.69) is 0 Å². The van der Waals surface area contributed by atoms with Gasteiger partial charge in [-0.15, -0.1) is 0 Å². The van der Waals surface area contributed by atoms with Gasteiger partial charge in [-0.25, -0.2) is 4.79 Å². The Morgan fingerprint density at radius 1 is 1.11 bits per heavy atom. The number of hydrogen-bond acceptors (Lipinski definition) is 8. The fourth-order valence-corrected chi connectivity index (χ4v) is 8.19. The minimum atomic E-state index is -6.07. The fraction of sp³-hybridized carbons (Fsp3) is 0.870. The van der Waals surface area contributed by atoms with Crippen molar-refractivity contribution in [3.8, 4) is 0 Å². The summed E-state index contributed by atoms with van der Waals surface area (Å²) in [5.41, 5.74) is -0.698. The van der Waals surface area contributed by atoms with E-state index in [0.717, 1.165) is 25.7 Å². The Balaban J connectivity index is 1.38. The molecule has 0 aromatic heterocycles. The number of alkyl halides is 2. The highest BCUT2D eigenvalue weighted by Crippen LogP contribution is 2.61. The maximum atomic E-state index is 13.8. The summed E-state index contributed by atoms with van der Waals surface area (Å²) in [6.07, 6.45) is 3.26. The van der Waals surface area contributed by atoms with E-state index in [0.29, 0.717) is 18.3 Å². The molecule has 5 aliphatic carbocycles. The third-order valence-electron chi connectivity index (χ3n) is 9.31. The molecule has 5 atom stereocenters. The van der Waals surface area contributed by atoms with E-state index < -0.39 is 68.8 Å². The molecule has 0 spiro atoms. The summed E-state index contributed by atoms with van der Waals surface area (Å²) in [5.74, 6) is -5.42. The minimum Gasteiger partial charge on any atom is -0.458 e. The Bertz CT molecular complexity index is 1010. The molecule has 1 N–H and O–H groups in total. The van der Waals surface area contributed by atoms with Gasteiger partial charge in [0.25, 0.3) is 0 Å². The van der Waals surface area contributed by atoms with E-state index in [9.17, 15) is 31.6 Å². The number of ether oxygens (including phenoxy) is 3. The van der Waals surface area contributed by atoms with Gasteiger partial charge in [0.1, 0.15) is 17.8 Å². The first-order valence-electron chi connectivity index (χ1n) is 12.3.